The molecule has 0 unspecified atom stereocenters. The monoisotopic (exact) mass is 306 g/mol. The van der Waals surface area contributed by atoms with E-state index in [2.05, 4.69) is 13.2 Å². The Labute approximate surface area is 130 Å². The number of rotatable bonds is 2. The average Bonchev–Trinajstić information content (AvgIpc) is 2.88. The number of hydrogen-bond donors (Lipinski definition) is 1. The maximum Gasteiger partial charge on any atom is 0.334 e. The van der Waals surface area contributed by atoms with Crippen molar-refractivity contribution in [3.8, 4) is 0 Å². The van der Waals surface area contributed by atoms with Crippen molar-refractivity contribution in [2.24, 2.45) is 23.7 Å². The van der Waals surface area contributed by atoms with Crippen molar-refractivity contribution in [3.63, 3.8) is 0 Å². The third-order valence-corrected chi connectivity index (χ3v) is 5.46. The van der Waals surface area contributed by atoms with Crippen LogP contribution in [0, 0.1) is 23.7 Å². The largest absolute Gasteiger partial charge is 0.465 e. The maximum atomic E-state index is 11.9. The van der Waals surface area contributed by atoms with E-state index in [0.29, 0.717) is 12.0 Å². The molecule has 5 nitrogen and oxygen atoms in total. The molecule has 3 rings (SSSR count). The summed E-state index contributed by atoms with van der Waals surface area (Å²) in [6.07, 6.45) is 1.34. The van der Waals surface area contributed by atoms with Gasteiger partial charge in [0, 0.05) is 30.3 Å². The molecule has 1 N–H and O–H groups in total. The smallest absolute Gasteiger partial charge is 0.334 e. The summed E-state index contributed by atoms with van der Waals surface area (Å²) in [7, 11) is 0. The van der Waals surface area contributed by atoms with Crippen molar-refractivity contribution >= 4 is 11.9 Å². The minimum atomic E-state index is -0.572. The standard InChI is InChI=1S/C17H22O5/c1-8-4-5-11-9(2)17(20)22-16(11)15-12(8)6-14(19)13(15)7-21-10(3)18/h11-16,19H,1-2,4-7H2,3H3/t11-,12-,13+,14-,15-,16-/m0/s1. The van der Waals surface area contributed by atoms with Gasteiger partial charge in [-0.2, -0.15) is 0 Å². The van der Waals surface area contributed by atoms with E-state index in [4.69, 9.17) is 9.47 Å². The van der Waals surface area contributed by atoms with E-state index in [1.807, 2.05) is 0 Å². The highest BCUT2D eigenvalue weighted by Crippen LogP contribution is 2.52. The molecular weight excluding hydrogens is 284 g/mol. The number of esters is 2. The molecule has 2 aliphatic carbocycles. The molecule has 120 valence electrons. The van der Waals surface area contributed by atoms with E-state index >= 15 is 0 Å². The second-order valence-corrected chi connectivity index (χ2v) is 6.65. The summed E-state index contributed by atoms with van der Waals surface area (Å²) in [5, 5.41) is 10.4. The van der Waals surface area contributed by atoms with Crippen LogP contribution in [0.2, 0.25) is 0 Å². The van der Waals surface area contributed by atoms with Gasteiger partial charge in [0.05, 0.1) is 12.7 Å². The minimum absolute atomic E-state index is 0.0237. The quantitative estimate of drug-likeness (QED) is 0.477. The highest BCUT2D eigenvalue weighted by atomic mass is 16.6. The molecular formula is C17H22O5. The van der Waals surface area contributed by atoms with Gasteiger partial charge in [-0.1, -0.05) is 18.7 Å². The minimum Gasteiger partial charge on any atom is -0.465 e. The first-order valence-electron chi connectivity index (χ1n) is 7.79. The molecule has 5 heteroatoms. The van der Waals surface area contributed by atoms with Crippen LogP contribution >= 0.6 is 0 Å². The van der Waals surface area contributed by atoms with Gasteiger partial charge in [-0.25, -0.2) is 4.79 Å². The topological polar surface area (TPSA) is 72.8 Å². The predicted octanol–water partition coefficient (Wildman–Crippen LogP) is 1.61. The van der Waals surface area contributed by atoms with Gasteiger partial charge >= 0.3 is 11.9 Å². The summed E-state index contributed by atoms with van der Waals surface area (Å²) in [6.45, 7) is 9.53. The molecule has 2 saturated carbocycles. The summed E-state index contributed by atoms with van der Waals surface area (Å²) in [5.74, 6) is -0.914. The van der Waals surface area contributed by atoms with Crippen LogP contribution in [-0.4, -0.2) is 35.9 Å². The second kappa shape index (κ2) is 5.54. The van der Waals surface area contributed by atoms with Crippen LogP contribution < -0.4 is 0 Å². The van der Waals surface area contributed by atoms with Crippen molar-refractivity contribution in [3.05, 3.63) is 24.3 Å². The predicted molar refractivity (Wildman–Crippen MR) is 78.6 cm³/mol. The fourth-order valence-electron chi connectivity index (χ4n) is 4.34. The van der Waals surface area contributed by atoms with Crippen LogP contribution in [0.15, 0.2) is 24.3 Å². The van der Waals surface area contributed by atoms with Crippen LogP contribution in [0.25, 0.3) is 0 Å². The number of carbonyl (C=O) groups is 2. The van der Waals surface area contributed by atoms with Crippen LogP contribution in [0.5, 0.6) is 0 Å². The fourth-order valence-corrected chi connectivity index (χ4v) is 4.34. The molecule has 0 spiro atoms. The van der Waals surface area contributed by atoms with Crippen molar-refractivity contribution < 1.29 is 24.2 Å². The van der Waals surface area contributed by atoms with Gasteiger partial charge in [-0.3, -0.25) is 4.79 Å². The molecule has 0 amide bonds. The van der Waals surface area contributed by atoms with Gasteiger partial charge < -0.3 is 14.6 Å². The second-order valence-electron chi connectivity index (χ2n) is 6.65. The first kappa shape index (κ1) is 15.3. The number of carbonyl (C=O) groups excluding carboxylic acids is 2. The molecule has 1 aliphatic heterocycles. The first-order chi connectivity index (χ1) is 10.4. The first-order valence-corrected chi connectivity index (χ1v) is 7.79. The van der Waals surface area contributed by atoms with Crippen molar-refractivity contribution in [1.29, 1.82) is 0 Å². The van der Waals surface area contributed by atoms with E-state index in [0.717, 1.165) is 18.4 Å². The number of aliphatic hydroxyl groups excluding tert-OH is 1. The molecule has 3 aliphatic rings. The zero-order chi connectivity index (χ0) is 16.0. The van der Waals surface area contributed by atoms with Gasteiger partial charge in [0.15, 0.2) is 0 Å². The molecule has 0 aromatic rings. The van der Waals surface area contributed by atoms with E-state index < -0.39 is 6.10 Å². The van der Waals surface area contributed by atoms with E-state index in [1.54, 1.807) is 0 Å². The number of ether oxygens (including phenoxy) is 2. The Morgan fingerprint density at radius 3 is 2.82 bits per heavy atom. The molecule has 1 heterocycles. The Bertz CT molecular complexity index is 537. The van der Waals surface area contributed by atoms with Crippen molar-refractivity contribution in [2.75, 3.05) is 6.61 Å². The molecule has 0 bridgehead atoms. The summed E-state index contributed by atoms with van der Waals surface area (Å²) in [5.41, 5.74) is 1.61. The SMILES string of the molecule is C=C1C(=O)O[C@@H]2[C@@H]3[C@H](COC(C)=O)[C@@H](O)C[C@H]3C(=C)CC[C@@H]12. The molecule has 1 saturated heterocycles. The Kier molecular flexibility index (Phi) is 3.85. The van der Waals surface area contributed by atoms with E-state index in [-0.39, 0.29) is 48.3 Å². The molecule has 22 heavy (non-hydrogen) atoms. The maximum absolute atomic E-state index is 11.9. The van der Waals surface area contributed by atoms with E-state index in [1.165, 1.54) is 6.92 Å². The van der Waals surface area contributed by atoms with Gasteiger partial charge in [0.25, 0.3) is 0 Å². The average molecular weight is 306 g/mol. The summed E-state index contributed by atoms with van der Waals surface area (Å²) >= 11 is 0. The summed E-state index contributed by atoms with van der Waals surface area (Å²) in [4.78, 5) is 23.0. The lowest BCUT2D eigenvalue weighted by atomic mass is 9.79. The molecule has 0 aromatic carbocycles. The molecule has 0 aromatic heterocycles. The number of aliphatic hydroxyl groups is 1. The van der Waals surface area contributed by atoms with Crippen LogP contribution in [0.3, 0.4) is 0 Å². The van der Waals surface area contributed by atoms with Gasteiger partial charge in [0.2, 0.25) is 0 Å². The van der Waals surface area contributed by atoms with Crippen LogP contribution in [0.1, 0.15) is 26.2 Å². The normalized spacial score (nSPS) is 40.7. The van der Waals surface area contributed by atoms with Gasteiger partial charge in [-0.15, -0.1) is 0 Å². The molecule has 6 atom stereocenters. The van der Waals surface area contributed by atoms with Crippen LogP contribution in [-0.2, 0) is 19.1 Å². The third-order valence-electron chi connectivity index (χ3n) is 5.46. The Morgan fingerprint density at radius 1 is 1.41 bits per heavy atom. The highest BCUT2D eigenvalue weighted by Gasteiger charge is 2.55. The number of hydrogen-bond acceptors (Lipinski definition) is 5. The van der Waals surface area contributed by atoms with Gasteiger partial charge in [-0.05, 0) is 25.2 Å². The number of fused-ring (bicyclic) bond motifs is 3. The fraction of sp³-hybridized carbons (Fsp3) is 0.647. The lowest BCUT2D eigenvalue weighted by molar-refractivity contribution is -0.148. The number of allylic oxidation sites excluding steroid dienone is 1. The van der Waals surface area contributed by atoms with Gasteiger partial charge in [0.1, 0.15) is 6.10 Å². The summed E-state index contributed by atoms with van der Waals surface area (Å²) in [6, 6.07) is 0. The highest BCUT2D eigenvalue weighted by molar-refractivity contribution is 5.90. The Balaban J connectivity index is 1.90. The Hall–Kier alpha value is -1.62. The third kappa shape index (κ3) is 2.37. The van der Waals surface area contributed by atoms with Crippen molar-refractivity contribution in [1.82, 2.24) is 0 Å². The summed E-state index contributed by atoms with van der Waals surface area (Å²) < 4.78 is 10.7. The zero-order valence-corrected chi connectivity index (χ0v) is 12.8. The zero-order valence-electron chi connectivity index (χ0n) is 12.8. The Morgan fingerprint density at radius 2 is 2.14 bits per heavy atom. The molecule has 3 fully saturated rings. The van der Waals surface area contributed by atoms with Crippen LogP contribution in [0.4, 0.5) is 0 Å². The lowest BCUT2D eigenvalue weighted by Crippen LogP contribution is -2.36. The molecule has 0 radical (unpaired) electrons. The van der Waals surface area contributed by atoms with Crippen molar-refractivity contribution in [2.45, 2.75) is 38.4 Å². The lowest BCUT2D eigenvalue weighted by Gasteiger charge is -2.30. The van der Waals surface area contributed by atoms with E-state index in [9.17, 15) is 14.7 Å².